The molecule has 1 amide bonds. The highest BCUT2D eigenvalue weighted by molar-refractivity contribution is 5.78. The molecule has 2 aliphatic carbocycles. The van der Waals surface area contributed by atoms with Crippen LogP contribution >= 0.6 is 0 Å². The third-order valence-electron chi connectivity index (χ3n) is 7.09. The van der Waals surface area contributed by atoms with Gasteiger partial charge in [0, 0.05) is 32.2 Å². The molecule has 2 saturated carbocycles. The number of rotatable bonds is 3. The first-order chi connectivity index (χ1) is 9.83. The summed E-state index contributed by atoms with van der Waals surface area (Å²) in [4.78, 5) is 17.0. The second kappa shape index (κ2) is 5.24. The lowest BCUT2D eigenvalue weighted by atomic mass is 9.69. The molecule has 3 fully saturated rings. The molecule has 2 bridgehead atoms. The second-order valence-electron chi connectivity index (χ2n) is 8.31. The summed E-state index contributed by atoms with van der Waals surface area (Å²) in [6.07, 6.45) is 3.79. The van der Waals surface area contributed by atoms with Crippen molar-refractivity contribution in [3.8, 4) is 0 Å². The summed E-state index contributed by atoms with van der Waals surface area (Å²) in [7, 11) is 2.15. The fourth-order valence-electron chi connectivity index (χ4n) is 4.87. The van der Waals surface area contributed by atoms with Crippen LogP contribution in [0.5, 0.6) is 0 Å². The summed E-state index contributed by atoms with van der Waals surface area (Å²) in [5, 5.41) is 3.37. The van der Waals surface area contributed by atoms with Gasteiger partial charge in [0.25, 0.3) is 0 Å². The van der Waals surface area contributed by atoms with Crippen LogP contribution in [0.4, 0.5) is 0 Å². The number of carbonyl (C=O) groups is 1. The van der Waals surface area contributed by atoms with Crippen LogP contribution in [0, 0.1) is 16.7 Å². The molecule has 4 nitrogen and oxygen atoms in total. The van der Waals surface area contributed by atoms with Crippen molar-refractivity contribution in [2.45, 2.75) is 46.1 Å². The molecule has 21 heavy (non-hydrogen) atoms. The zero-order chi connectivity index (χ0) is 15.3. The summed E-state index contributed by atoms with van der Waals surface area (Å²) >= 11 is 0. The summed E-state index contributed by atoms with van der Waals surface area (Å²) in [6.45, 7) is 11.9. The van der Waals surface area contributed by atoms with Crippen LogP contribution in [-0.4, -0.2) is 61.5 Å². The zero-order valence-corrected chi connectivity index (χ0v) is 14.1. The van der Waals surface area contributed by atoms with E-state index in [4.69, 9.17) is 0 Å². The Morgan fingerprint density at radius 1 is 1.19 bits per heavy atom. The molecule has 0 aromatic rings. The maximum Gasteiger partial charge on any atom is 0.234 e. The van der Waals surface area contributed by atoms with E-state index in [1.54, 1.807) is 0 Å². The Bertz CT molecular complexity index is 414. The third-order valence-corrected chi connectivity index (χ3v) is 7.09. The SMILES string of the molecule is CN1CCN(CC(=O)N[C@@H]2C[C@H]3CC[C@]2(C)C3(C)C)CC1. The molecule has 0 aromatic carbocycles. The van der Waals surface area contributed by atoms with Crippen molar-refractivity contribution < 1.29 is 4.79 Å². The first-order valence-electron chi connectivity index (χ1n) is 8.53. The summed E-state index contributed by atoms with van der Waals surface area (Å²) in [5.41, 5.74) is 0.661. The van der Waals surface area contributed by atoms with Crippen molar-refractivity contribution in [1.29, 1.82) is 0 Å². The number of hydrogen-bond acceptors (Lipinski definition) is 3. The number of hydrogen-bond donors (Lipinski definition) is 1. The molecule has 1 heterocycles. The molecule has 0 spiro atoms. The molecule has 0 unspecified atom stereocenters. The van der Waals surface area contributed by atoms with E-state index in [9.17, 15) is 4.79 Å². The van der Waals surface area contributed by atoms with E-state index in [0.29, 0.717) is 18.0 Å². The largest absolute Gasteiger partial charge is 0.352 e. The van der Waals surface area contributed by atoms with E-state index in [2.05, 4.69) is 42.9 Å². The van der Waals surface area contributed by atoms with Crippen LogP contribution in [0.1, 0.15) is 40.0 Å². The molecular formula is C17H31N3O. The van der Waals surface area contributed by atoms with Gasteiger partial charge in [-0.1, -0.05) is 20.8 Å². The number of carbonyl (C=O) groups excluding carboxylic acids is 1. The molecule has 4 heteroatoms. The summed E-state index contributed by atoms with van der Waals surface area (Å²) < 4.78 is 0. The third kappa shape index (κ3) is 2.50. The number of amides is 1. The van der Waals surface area contributed by atoms with Gasteiger partial charge in [-0.15, -0.1) is 0 Å². The predicted octanol–water partition coefficient (Wildman–Crippen LogP) is 1.56. The monoisotopic (exact) mass is 293 g/mol. The molecule has 3 aliphatic rings. The van der Waals surface area contributed by atoms with Gasteiger partial charge in [-0.3, -0.25) is 9.69 Å². The molecule has 3 rings (SSSR count). The van der Waals surface area contributed by atoms with Crippen molar-refractivity contribution in [2.75, 3.05) is 39.8 Å². The van der Waals surface area contributed by atoms with Crippen LogP contribution in [0.15, 0.2) is 0 Å². The van der Waals surface area contributed by atoms with Crippen molar-refractivity contribution in [3.05, 3.63) is 0 Å². The maximum absolute atomic E-state index is 12.4. The van der Waals surface area contributed by atoms with Gasteiger partial charge < -0.3 is 10.2 Å². The Labute approximate surface area is 129 Å². The van der Waals surface area contributed by atoms with Crippen LogP contribution in [0.3, 0.4) is 0 Å². The number of fused-ring (bicyclic) bond motifs is 2. The van der Waals surface area contributed by atoms with Crippen molar-refractivity contribution >= 4 is 5.91 Å². The van der Waals surface area contributed by atoms with E-state index >= 15 is 0 Å². The van der Waals surface area contributed by atoms with Gasteiger partial charge in [0.2, 0.25) is 5.91 Å². The number of piperazine rings is 1. The molecule has 3 atom stereocenters. The van der Waals surface area contributed by atoms with Gasteiger partial charge in [0.15, 0.2) is 0 Å². The zero-order valence-electron chi connectivity index (χ0n) is 14.1. The average molecular weight is 293 g/mol. The lowest BCUT2D eigenvalue weighted by Gasteiger charge is -2.40. The van der Waals surface area contributed by atoms with Gasteiger partial charge in [0.05, 0.1) is 6.54 Å². The Morgan fingerprint density at radius 3 is 2.38 bits per heavy atom. The second-order valence-corrected chi connectivity index (χ2v) is 8.31. The Balaban J connectivity index is 1.54. The molecule has 1 N–H and O–H groups in total. The lowest BCUT2D eigenvalue weighted by molar-refractivity contribution is -0.124. The minimum absolute atomic E-state index is 0.231. The van der Waals surface area contributed by atoms with Crippen LogP contribution in [-0.2, 0) is 4.79 Å². The highest BCUT2D eigenvalue weighted by Gasteiger charge is 2.61. The minimum atomic E-state index is 0.231. The standard InChI is InChI=1S/C17H31N3O/c1-16(2)13-5-6-17(16,3)14(11-13)18-15(21)12-20-9-7-19(4)8-10-20/h13-14H,5-12H2,1-4H3,(H,18,21)/t13-,14-,17+/m1/s1. The van der Waals surface area contributed by atoms with Crippen LogP contribution < -0.4 is 5.32 Å². The fraction of sp³-hybridized carbons (Fsp3) is 0.941. The minimum Gasteiger partial charge on any atom is -0.352 e. The van der Waals surface area contributed by atoms with Crippen molar-refractivity contribution in [1.82, 2.24) is 15.1 Å². The van der Waals surface area contributed by atoms with Crippen LogP contribution in [0.2, 0.25) is 0 Å². The Hall–Kier alpha value is -0.610. The summed E-state index contributed by atoms with van der Waals surface area (Å²) in [6, 6.07) is 0.381. The fourth-order valence-corrected chi connectivity index (χ4v) is 4.87. The number of likely N-dealkylation sites (N-methyl/N-ethyl adjacent to an activating group) is 1. The maximum atomic E-state index is 12.4. The van der Waals surface area contributed by atoms with E-state index in [1.807, 2.05) is 0 Å². The van der Waals surface area contributed by atoms with Gasteiger partial charge >= 0.3 is 0 Å². The van der Waals surface area contributed by atoms with Crippen molar-refractivity contribution in [2.24, 2.45) is 16.7 Å². The predicted molar refractivity (Wildman–Crippen MR) is 85.1 cm³/mol. The van der Waals surface area contributed by atoms with E-state index in [1.165, 1.54) is 19.3 Å². The molecule has 120 valence electrons. The number of nitrogens with zero attached hydrogens (tertiary/aromatic N) is 2. The average Bonchev–Trinajstić information content (AvgIpc) is 2.74. The van der Waals surface area contributed by atoms with Gasteiger partial charge in [-0.05, 0) is 43.1 Å². The highest BCUT2D eigenvalue weighted by atomic mass is 16.2. The molecule has 1 aliphatic heterocycles. The first-order valence-corrected chi connectivity index (χ1v) is 8.53. The molecule has 0 aromatic heterocycles. The molecule has 0 radical (unpaired) electrons. The first kappa shape index (κ1) is 15.3. The highest BCUT2D eigenvalue weighted by Crippen LogP contribution is 2.65. The van der Waals surface area contributed by atoms with E-state index in [0.717, 1.165) is 32.1 Å². The topological polar surface area (TPSA) is 35.6 Å². The Morgan fingerprint density at radius 2 is 1.86 bits per heavy atom. The quantitative estimate of drug-likeness (QED) is 0.858. The lowest BCUT2D eigenvalue weighted by Crippen LogP contribution is -2.52. The number of nitrogens with one attached hydrogen (secondary N) is 1. The smallest absolute Gasteiger partial charge is 0.234 e. The van der Waals surface area contributed by atoms with Gasteiger partial charge in [0.1, 0.15) is 0 Å². The summed E-state index contributed by atoms with van der Waals surface area (Å²) in [5.74, 6) is 1.02. The van der Waals surface area contributed by atoms with Crippen molar-refractivity contribution in [3.63, 3.8) is 0 Å². The molecule has 1 saturated heterocycles. The van der Waals surface area contributed by atoms with Gasteiger partial charge in [-0.2, -0.15) is 0 Å². The van der Waals surface area contributed by atoms with E-state index < -0.39 is 0 Å². The normalized spacial score (nSPS) is 39.6. The van der Waals surface area contributed by atoms with E-state index in [-0.39, 0.29) is 11.3 Å². The Kier molecular flexibility index (Phi) is 3.81. The van der Waals surface area contributed by atoms with Crippen LogP contribution in [0.25, 0.3) is 0 Å². The van der Waals surface area contributed by atoms with Gasteiger partial charge in [-0.25, -0.2) is 0 Å². The molecular weight excluding hydrogens is 262 g/mol.